The second kappa shape index (κ2) is 2.96. The highest BCUT2D eigenvalue weighted by molar-refractivity contribution is 9.10. The molecule has 1 aliphatic rings. The van der Waals surface area contributed by atoms with E-state index >= 15 is 0 Å². The summed E-state index contributed by atoms with van der Waals surface area (Å²) in [5.74, 6) is -0.0719. The quantitative estimate of drug-likeness (QED) is 0.726. The minimum Gasteiger partial charge on any atom is -0.346 e. The van der Waals surface area contributed by atoms with Crippen LogP contribution in [0.5, 0.6) is 0 Å². The van der Waals surface area contributed by atoms with Crippen LogP contribution in [0.15, 0.2) is 4.47 Å². The predicted octanol–water partition coefficient (Wildman–Crippen LogP) is 2.05. The molecule has 0 bridgehead atoms. The second-order valence-corrected chi connectivity index (χ2v) is 4.00. The van der Waals surface area contributed by atoms with E-state index in [0.29, 0.717) is 21.7 Å². The standard InChI is InChI=1S/C8H6BrClN2O/c1-3-5-4(2-11-8(5)13)12-7(10)6(3)9/h2H2,1H3,(H,11,13). The third kappa shape index (κ3) is 1.25. The molecule has 1 N–H and O–H groups in total. The van der Waals surface area contributed by atoms with Crippen LogP contribution in [-0.2, 0) is 6.54 Å². The normalized spacial score (nSPS) is 14.2. The number of nitrogens with zero attached hydrogens (tertiary/aromatic N) is 1. The third-order valence-electron chi connectivity index (χ3n) is 2.05. The molecule has 0 radical (unpaired) electrons. The summed E-state index contributed by atoms with van der Waals surface area (Å²) in [6, 6.07) is 0. The van der Waals surface area contributed by atoms with Crippen LogP contribution >= 0.6 is 27.5 Å². The topological polar surface area (TPSA) is 42.0 Å². The maximum absolute atomic E-state index is 11.3. The molecule has 0 spiro atoms. The van der Waals surface area contributed by atoms with Gasteiger partial charge in [0.1, 0.15) is 5.15 Å². The summed E-state index contributed by atoms with van der Waals surface area (Å²) >= 11 is 9.13. The van der Waals surface area contributed by atoms with Crippen molar-refractivity contribution in [2.24, 2.45) is 0 Å². The van der Waals surface area contributed by atoms with Crippen LogP contribution in [0, 0.1) is 6.92 Å². The lowest BCUT2D eigenvalue weighted by Gasteiger charge is -2.04. The summed E-state index contributed by atoms with van der Waals surface area (Å²) in [6.45, 7) is 2.32. The fourth-order valence-corrected chi connectivity index (χ4v) is 1.92. The molecule has 5 heteroatoms. The number of carbonyl (C=O) groups excluding carboxylic acids is 1. The van der Waals surface area contributed by atoms with Gasteiger partial charge in [0.05, 0.1) is 22.3 Å². The average molecular weight is 262 g/mol. The molecule has 0 atom stereocenters. The molecule has 0 saturated carbocycles. The van der Waals surface area contributed by atoms with E-state index in [2.05, 4.69) is 26.2 Å². The molecular formula is C8H6BrClN2O. The van der Waals surface area contributed by atoms with Crippen LogP contribution in [0.3, 0.4) is 0 Å². The van der Waals surface area contributed by atoms with E-state index in [1.165, 1.54) is 0 Å². The molecule has 0 unspecified atom stereocenters. The lowest BCUT2D eigenvalue weighted by atomic mass is 10.1. The first-order chi connectivity index (χ1) is 6.11. The summed E-state index contributed by atoms with van der Waals surface area (Å²) < 4.78 is 0.699. The molecule has 1 aromatic heterocycles. The number of fused-ring (bicyclic) bond motifs is 1. The first kappa shape index (κ1) is 8.97. The Morgan fingerprint density at radius 3 is 3.00 bits per heavy atom. The molecule has 1 aromatic rings. The SMILES string of the molecule is Cc1c(Br)c(Cl)nc2c1C(=O)NC2. The van der Waals surface area contributed by atoms with Gasteiger partial charge in [-0.15, -0.1) is 0 Å². The summed E-state index contributed by atoms with van der Waals surface area (Å²) in [4.78, 5) is 15.4. The zero-order valence-corrected chi connectivity index (χ0v) is 9.16. The Balaban J connectivity index is 2.75. The molecule has 1 amide bonds. The van der Waals surface area contributed by atoms with Crippen LogP contribution in [0.4, 0.5) is 0 Å². The lowest BCUT2D eigenvalue weighted by Crippen LogP contribution is -2.13. The molecule has 13 heavy (non-hydrogen) atoms. The Hall–Kier alpha value is -0.610. The van der Waals surface area contributed by atoms with Gasteiger partial charge in [-0.2, -0.15) is 0 Å². The molecule has 2 heterocycles. The number of rotatable bonds is 0. The van der Waals surface area contributed by atoms with Gasteiger partial charge < -0.3 is 5.32 Å². The fourth-order valence-electron chi connectivity index (χ4n) is 1.39. The smallest absolute Gasteiger partial charge is 0.253 e. The van der Waals surface area contributed by atoms with Crippen molar-refractivity contribution in [3.8, 4) is 0 Å². The van der Waals surface area contributed by atoms with Crippen molar-refractivity contribution in [2.75, 3.05) is 0 Å². The fraction of sp³-hybridized carbons (Fsp3) is 0.250. The van der Waals surface area contributed by atoms with Gasteiger partial charge in [-0.3, -0.25) is 4.79 Å². The summed E-state index contributed by atoms with van der Waals surface area (Å²) in [7, 11) is 0. The van der Waals surface area contributed by atoms with Gasteiger partial charge in [0.2, 0.25) is 0 Å². The molecule has 3 nitrogen and oxygen atoms in total. The molecule has 0 aromatic carbocycles. The van der Waals surface area contributed by atoms with Gasteiger partial charge >= 0.3 is 0 Å². The molecular weight excluding hydrogens is 255 g/mol. The maximum Gasteiger partial charge on any atom is 0.253 e. The van der Waals surface area contributed by atoms with Crippen LogP contribution in [0.1, 0.15) is 21.6 Å². The molecule has 0 saturated heterocycles. The lowest BCUT2D eigenvalue weighted by molar-refractivity contribution is 0.0965. The van der Waals surface area contributed by atoms with E-state index in [4.69, 9.17) is 11.6 Å². The van der Waals surface area contributed by atoms with Crippen LogP contribution in [0.2, 0.25) is 5.15 Å². The minimum atomic E-state index is -0.0719. The van der Waals surface area contributed by atoms with Gasteiger partial charge in [0.15, 0.2) is 0 Å². The van der Waals surface area contributed by atoms with Gasteiger partial charge in [-0.05, 0) is 28.4 Å². The Labute approximate surface area is 88.6 Å². The van der Waals surface area contributed by atoms with Crippen LogP contribution in [-0.4, -0.2) is 10.9 Å². The third-order valence-corrected chi connectivity index (χ3v) is 3.52. The van der Waals surface area contributed by atoms with Crippen molar-refractivity contribution in [1.82, 2.24) is 10.3 Å². The number of pyridine rings is 1. The maximum atomic E-state index is 11.3. The first-order valence-corrected chi connectivity index (χ1v) is 4.91. The monoisotopic (exact) mass is 260 g/mol. The van der Waals surface area contributed by atoms with Crippen LogP contribution in [0.25, 0.3) is 0 Å². The molecule has 2 rings (SSSR count). The molecule has 1 aliphatic heterocycles. The zero-order chi connectivity index (χ0) is 9.59. The summed E-state index contributed by atoms with van der Waals surface area (Å²) in [5, 5.41) is 3.11. The van der Waals surface area contributed by atoms with E-state index < -0.39 is 0 Å². The van der Waals surface area contributed by atoms with Gasteiger partial charge in [-0.25, -0.2) is 4.98 Å². The minimum absolute atomic E-state index is 0.0719. The Morgan fingerprint density at radius 1 is 1.62 bits per heavy atom. The largest absolute Gasteiger partial charge is 0.346 e. The average Bonchev–Trinajstić information content (AvgIpc) is 2.43. The number of hydrogen-bond acceptors (Lipinski definition) is 2. The highest BCUT2D eigenvalue weighted by Crippen LogP contribution is 2.30. The second-order valence-electron chi connectivity index (χ2n) is 2.85. The highest BCUT2D eigenvalue weighted by atomic mass is 79.9. The number of nitrogens with one attached hydrogen (secondary N) is 1. The van der Waals surface area contributed by atoms with E-state index in [0.717, 1.165) is 11.3 Å². The first-order valence-electron chi connectivity index (χ1n) is 3.74. The van der Waals surface area contributed by atoms with Crippen molar-refractivity contribution < 1.29 is 4.79 Å². The van der Waals surface area contributed by atoms with Crippen molar-refractivity contribution in [3.05, 3.63) is 26.4 Å². The summed E-state index contributed by atoms with van der Waals surface area (Å²) in [5.41, 5.74) is 2.23. The highest BCUT2D eigenvalue weighted by Gasteiger charge is 2.25. The van der Waals surface area contributed by atoms with Crippen molar-refractivity contribution >= 4 is 33.4 Å². The van der Waals surface area contributed by atoms with E-state index in [-0.39, 0.29) is 5.91 Å². The van der Waals surface area contributed by atoms with E-state index in [1.807, 2.05) is 6.92 Å². The predicted molar refractivity (Wildman–Crippen MR) is 52.9 cm³/mol. The van der Waals surface area contributed by atoms with E-state index in [1.54, 1.807) is 0 Å². The zero-order valence-electron chi connectivity index (χ0n) is 6.82. The van der Waals surface area contributed by atoms with Gasteiger partial charge in [0, 0.05) is 0 Å². The van der Waals surface area contributed by atoms with Gasteiger partial charge in [-0.1, -0.05) is 11.6 Å². The van der Waals surface area contributed by atoms with Crippen molar-refractivity contribution in [2.45, 2.75) is 13.5 Å². The molecule has 0 fully saturated rings. The van der Waals surface area contributed by atoms with Gasteiger partial charge in [0.25, 0.3) is 5.91 Å². The Bertz CT molecular complexity index is 406. The Kier molecular flexibility index (Phi) is 2.04. The number of amides is 1. The van der Waals surface area contributed by atoms with Crippen molar-refractivity contribution in [3.63, 3.8) is 0 Å². The Morgan fingerprint density at radius 2 is 2.31 bits per heavy atom. The molecule has 68 valence electrons. The summed E-state index contributed by atoms with van der Waals surface area (Å²) in [6.07, 6.45) is 0. The van der Waals surface area contributed by atoms with Crippen molar-refractivity contribution in [1.29, 1.82) is 0 Å². The van der Waals surface area contributed by atoms with E-state index in [9.17, 15) is 4.79 Å². The number of halogens is 2. The number of hydrogen-bond donors (Lipinski definition) is 1. The number of aromatic nitrogens is 1. The molecule has 0 aliphatic carbocycles. The van der Waals surface area contributed by atoms with Crippen LogP contribution < -0.4 is 5.32 Å². The number of carbonyl (C=O) groups is 1.